The molecule has 0 N–H and O–H groups in total. The number of esters is 1. The van der Waals surface area contributed by atoms with E-state index in [9.17, 15) is 4.79 Å². The highest BCUT2D eigenvalue weighted by Crippen LogP contribution is 2.20. The molecular weight excluding hydrogens is 340 g/mol. The summed E-state index contributed by atoms with van der Waals surface area (Å²) < 4.78 is 11.8. The van der Waals surface area contributed by atoms with Gasteiger partial charge in [0.1, 0.15) is 5.75 Å². The number of tetrazole rings is 1. The highest BCUT2D eigenvalue weighted by Gasteiger charge is 2.22. The van der Waals surface area contributed by atoms with Gasteiger partial charge >= 0.3 is 5.97 Å². The van der Waals surface area contributed by atoms with Crippen LogP contribution in [0.15, 0.2) is 29.4 Å². The third kappa shape index (κ3) is 5.50. The Kier molecular flexibility index (Phi) is 6.42. The number of benzene rings is 1. The molecule has 0 atom stereocenters. The lowest BCUT2D eigenvalue weighted by atomic mass is 9.97. The van der Waals surface area contributed by atoms with Crippen LogP contribution in [0, 0.1) is 17.3 Å². The van der Waals surface area contributed by atoms with Gasteiger partial charge < -0.3 is 9.47 Å². The second-order valence-electron chi connectivity index (χ2n) is 6.04. The van der Waals surface area contributed by atoms with Crippen LogP contribution in [-0.4, -0.2) is 45.6 Å². The Morgan fingerprint density at radius 3 is 2.60 bits per heavy atom. The van der Waals surface area contributed by atoms with Crippen LogP contribution in [0.2, 0.25) is 0 Å². The minimum atomic E-state index is -0.517. The van der Waals surface area contributed by atoms with E-state index in [1.807, 2.05) is 24.3 Å². The third-order valence-corrected chi connectivity index (χ3v) is 3.85. The first-order valence-corrected chi connectivity index (χ1v) is 8.59. The normalized spacial score (nSPS) is 10.7. The van der Waals surface area contributed by atoms with E-state index in [1.54, 1.807) is 32.6 Å². The Hall–Kier alpha value is -2.53. The number of methoxy groups -OCH3 is 1. The summed E-state index contributed by atoms with van der Waals surface area (Å²) in [6, 6.07) is 7.43. The van der Waals surface area contributed by atoms with Gasteiger partial charge in [0, 0.05) is 0 Å². The fraction of sp³-hybridized carbons (Fsp3) is 0.412. The molecule has 0 unspecified atom stereocenters. The Morgan fingerprint density at radius 1 is 1.24 bits per heavy atom. The van der Waals surface area contributed by atoms with Gasteiger partial charge in [-0.2, -0.15) is 4.68 Å². The molecule has 2 aromatic rings. The second kappa shape index (κ2) is 8.53. The summed E-state index contributed by atoms with van der Waals surface area (Å²) >= 11 is 1.40. The molecule has 0 aliphatic heterocycles. The lowest BCUT2D eigenvalue weighted by Crippen LogP contribution is -2.22. The molecule has 2 rings (SSSR count). The summed E-state index contributed by atoms with van der Waals surface area (Å²) in [6.45, 7) is 5.49. The van der Waals surface area contributed by atoms with Crippen molar-refractivity contribution in [2.45, 2.75) is 25.9 Å². The van der Waals surface area contributed by atoms with Crippen molar-refractivity contribution in [3.05, 3.63) is 24.3 Å². The number of nitrogens with zero attached hydrogens (tertiary/aromatic N) is 4. The number of thioether (sulfide) groups is 1. The number of carbonyl (C=O) groups excluding carboxylic acids is 1. The summed E-state index contributed by atoms with van der Waals surface area (Å²) in [5.74, 6) is 6.74. The van der Waals surface area contributed by atoms with Crippen molar-refractivity contribution in [1.82, 2.24) is 20.2 Å². The number of carbonyl (C=O) groups is 1. The number of hydrogen-bond donors (Lipinski definition) is 0. The zero-order valence-corrected chi connectivity index (χ0v) is 15.5. The minimum absolute atomic E-state index is 0.0834. The van der Waals surface area contributed by atoms with Crippen molar-refractivity contribution in [2.75, 3.05) is 19.5 Å². The van der Waals surface area contributed by atoms with E-state index in [-0.39, 0.29) is 12.6 Å². The minimum Gasteiger partial charge on any atom is -0.497 e. The third-order valence-electron chi connectivity index (χ3n) is 3.04. The maximum atomic E-state index is 11.6. The monoisotopic (exact) mass is 360 g/mol. The highest BCUT2D eigenvalue weighted by atomic mass is 32.2. The first-order chi connectivity index (χ1) is 11.9. The van der Waals surface area contributed by atoms with Crippen LogP contribution in [0.1, 0.15) is 20.8 Å². The van der Waals surface area contributed by atoms with Crippen LogP contribution in [0.4, 0.5) is 0 Å². The molecule has 7 nitrogen and oxygen atoms in total. The molecule has 25 heavy (non-hydrogen) atoms. The van der Waals surface area contributed by atoms with Gasteiger partial charge in [-0.1, -0.05) is 23.6 Å². The SMILES string of the molecule is COc1ccc(-n2nnnc2SCC#CCOC(=O)C(C)(C)C)cc1. The lowest BCUT2D eigenvalue weighted by Gasteiger charge is -2.14. The van der Waals surface area contributed by atoms with Gasteiger partial charge in [0.2, 0.25) is 5.16 Å². The Balaban J connectivity index is 1.88. The van der Waals surface area contributed by atoms with Crippen LogP contribution < -0.4 is 4.74 Å². The van der Waals surface area contributed by atoms with Crippen LogP contribution in [-0.2, 0) is 9.53 Å². The maximum Gasteiger partial charge on any atom is 0.312 e. The molecule has 8 heteroatoms. The van der Waals surface area contributed by atoms with E-state index in [0.717, 1.165) is 11.4 Å². The van der Waals surface area contributed by atoms with Crippen LogP contribution in [0.25, 0.3) is 5.69 Å². The average molecular weight is 360 g/mol. The molecule has 0 amide bonds. The van der Waals surface area contributed by atoms with E-state index in [2.05, 4.69) is 27.4 Å². The van der Waals surface area contributed by atoms with E-state index in [4.69, 9.17) is 9.47 Å². The lowest BCUT2D eigenvalue weighted by molar-refractivity contribution is -0.151. The summed E-state index contributed by atoms with van der Waals surface area (Å²) in [7, 11) is 1.62. The van der Waals surface area contributed by atoms with E-state index in [0.29, 0.717) is 10.9 Å². The van der Waals surface area contributed by atoms with Gasteiger partial charge in [-0.15, -0.1) is 5.10 Å². The molecule has 1 heterocycles. The molecule has 0 aliphatic carbocycles. The molecule has 0 saturated heterocycles. The van der Waals surface area contributed by atoms with Crippen LogP contribution in [0.3, 0.4) is 0 Å². The van der Waals surface area contributed by atoms with Crippen molar-refractivity contribution < 1.29 is 14.3 Å². The smallest absolute Gasteiger partial charge is 0.312 e. The molecule has 0 bridgehead atoms. The molecule has 0 fully saturated rings. The quantitative estimate of drug-likeness (QED) is 0.460. The Morgan fingerprint density at radius 2 is 1.96 bits per heavy atom. The number of rotatable bonds is 5. The maximum absolute atomic E-state index is 11.6. The summed E-state index contributed by atoms with van der Waals surface area (Å²) in [5.41, 5.74) is 0.317. The van der Waals surface area contributed by atoms with Gasteiger partial charge in [0.15, 0.2) is 6.61 Å². The largest absolute Gasteiger partial charge is 0.497 e. The molecule has 0 spiro atoms. The van der Waals surface area contributed by atoms with E-state index >= 15 is 0 Å². The molecule has 132 valence electrons. The van der Waals surface area contributed by atoms with Gasteiger partial charge in [-0.05, 0) is 55.5 Å². The highest BCUT2D eigenvalue weighted by molar-refractivity contribution is 7.99. The van der Waals surface area contributed by atoms with Gasteiger partial charge in [-0.3, -0.25) is 4.79 Å². The first-order valence-electron chi connectivity index (χ1n) is 7.60. The van der Waals surface area contributed by atoms with Gasteiger partial charge in [-0.25, -0.2) is 0 Å². The molecule has 0 radical (unpaired) electrons. The number of hydrogen-bond acceptors (Lipinski definition) is 7. The van der Waals surface area contributed by atoms with Gasteiger partial charge in [0.05, 0.1) is 24.0 Å². The molecule has 0 aliphatic rings. The number of aromatic nitrogens is 4. The molecule has 1 aromatic heterocycles. The van der Waals surface area contributed by atoms with Crippen molar-refractivity contribution in [2.24, 2.45) is 5.41 Å². The van der Waals surface area contributed by atoms with Gasteiger partial charge in [0.25, 0.3) is 0 Å². The van der Waals surface area contributed by atoms with Crippen molar-refractivity contribution >= 4 is 17.7 Å². The van der Waals surface area contributed by atoms with E-state index in [1.165, 1.54) is 11.8 Å². The molecule has 1 aromatic carbocycles. The Bertz CT molecular complexity index is 770. The fourth-order valence-electron chi connectivity index (χ4n) is 1.68. The standard InChI is InChI=1S/C17H20N4O3S/c1-17(2,3)15(22)24-11-5-6-12-25-16-18-19-20-21(16)13-7-9-14(23-4)10-8-13/h7-10H,11-12H2,1-4H3. The van der Waals surface area contributed by atoms with Crippen molar-refractivity contribution in [3.63, 3.8) is 0 Å². The van der Waals surface area contributed by atoms with Crippen molar-refractivity contribution in [1.29, 1.82) is 0 Å². The average Bonchev–Trinajstić information content (AvgIpc) is 3.05. The molecular formula is C17H20N4O3S. The fourth-order valence-corrected chi connectivity index (χ4v) is 2.34. The first kappa shape index (κ1) is 18.8. The zero-order valence-electron chi connectivity index (χ0n) is 14.6. The number of ether oxygens (including phenoxy) is 2. The van der Waals surface area contributed by atoms with E-state index < -0.39 is 5.41 Å². The molecule has 0 saturated carbocycles. The van der Waals surface area contributed by atoms with Crippen LogP contribution >= 0.6 is 11.8 Å². The van der Waals surface area contributed by atoms with Crippen LogP contribution in [0.5, 0.6) is 5.75 Å². The summed E-state index contributed by atoms with van der Waals surface area (Å²) in [5, 5.41) is 12.3. The van der Waals surface area contributed by atoms with Crippen molar-refractivity contribution in [3.8, 4) is 23.3 Å². The predicted octanol–water partition coefficient (Wildman–Crippen LogP) is 2.36. The Labute approximate surface area is 151 Å². The zero-order chi connectivity index (χ0) is 18.3. The topological polar surface area (TPSA) is 79.1 Å². The summed E-state index contributed by atoms with van der Waals surface area (Å²) in [6.07, 6.45) is 0. The second-order valence-corrected chi connectivity index (χ2v) is 6.98. The summed E-state index contributed by atoms with van der Waals surface area (Å²) in [4.78, 5) is 11.6. The predicted molar refractivity (Wildman–Crippen MR) is 94.6 cm³/mol.